The Morgan fingerprint density at radius 1 is 1.27 bits per heavy atom. The minimum atomic E-state index is -0.788. The van der Waals surface area contributed by atoms with Gasteiger partial charge < -0.3 is 19.5 Å². The number of carbonyl (C=O) groups excluding carboxylic acids is 3. The van der Waals surface area contributed by atoms with Crippen LogP contribution in [-0.4, -0.2) is 46.9 Å². The van der Waals surface area contributed by atoms with Gasteiger partial charge in [0.1, 0.15) is 11.5 Å². The first-order valence-electron chi connectivity index (χ1n) is 9.75. The lowest BCUT2D eigenvalue weighted by Crippen LogP contribution is -2.46. The highest BCUT2D eigenvalue weighted by atomic mass is 19.1. The van der Waals surface area contributed by atoms with Crippen LogP contribution in [0.5, 0.6) is 0 Å². The summed E-state index contributed by atoms with van der Waals surface area (Å²) in [6.07, 6.45) is 0.633. The highest BCUT2D eigenvalue weighted by molar-refractivity contribution is 6.07. The zero-order valence-corrected chi connectivity index (χ0v) is 18.2. The molecule has 1 unspecified atom stereocenters. The maximum Gasteiger partial charge on any atom is 0.354 e. The Labute approximate surface area is 175 Å². The molecule has 1 aromatic carbocycles. The maximum absolute atomic E-state index is 13.4. The molecule has 0 spiro atoms. The van der Waals surface area contributed by atoms with Gasteiger partial charge in [0.2, 0.25) is 0 Å². The number of nitrogens with one attached hydrogen (secondary N) is 1. The molecule has 2 rings (SSSR count). The highest BCUT2D eigenvalue weighted by Gasteiger charge is 2.32. The van der Waals surface area contributed by atoms with Gasteiger partial charge in [0.05, 0.1) is 13.2 Å². The molecule has 8 heteroatoms. The van der Waals surface area contributed by atoms with Crippen LogP contribution >= 0.6 is 0 Å². The van der Waals surface area contributed by atoms with Crippen LogP contribution < -0.4 is 5.32 Å². The van der Waals surface area contributed by atoms with Crippen LogP contribution in [0.1, 0.15) is 52.4 Å². The van der Waals surface area contributed by atoms with Crippen molar-refractivity contribution in [3.8, 4) is 0 Å². The molecule has 0 saturated heterocycles. The largest absolute Gasteiger partial charge is 0.464 e. The minimum absolute atomic E-state index is 0.279. The van der Waals surface area contributed by atoms with Gasteiger partial charge in [-0.25, -0.2) is 14.0 Å². The molecule has 7 nitrogen and oxygen atoms in total. The van der Waals surface area contributed by atoms with Crippen molar-refractivity contribution in [2.24, 2.45) is 7.05 Å². The van der Waals surface area contributed by atoms with Crippen LogP contribution in [0.3, 0.4) is 0 Å². The van der Waals surface area contributed by atoms with E-state index in [0.717, 1.165) is 0 Å². The first kappa shape index (κ1) is 23.1. The van der Waals surface area contributed by atoms with E-state index in [1.807, 2.05) is 6.92 Å². The number of Topliss-reactive ketones (excluding diaryl/α,β-unsaturated/α-hetero) is 1. The first-order valence-corrected chi connectivity index (χ1v) is 9.75. The van der Waals surface area contributed by atoms with Crippen molar-refractivity contribution < 1.29 is 23.5 Å². The number of urea groups is 1. The highest BCUT2D eigenvalue weighted by Crippen LogP contribution is 2.25. The summed E-state index contributed by atoms with van der Waals surface area (Å²) in [6, 6.07) is 4.28. The smallest absolute Gasteiger partial charge is 0.354 e. The molecule has 30 heavy (non-hydrogen) atoms. The molecule has 1 N–H and O–H groups in total. The van der Waals surface area contributed by atoms with Gasteiger partial charge in [-0.15, -0.1) is 0 Å². The number of carbonyl (C=O) groups is 3. The summed E-state index contributed by atoms with van der Waals surface area (Å²) in [5.41, 5.74) is 2.13. The third kappa shape index (κ3) is 4.53. The lowest BCUT2D eigenvalue weighted by Gasteiger charge is -2.28. The predicted octanol–water partition coefficient (Wildman–Crippen LogP) is 4.08. The van der Waals surface area contributed by atoms with Crippen LogP contribution in [0, 0.1) is 19.7 Å². The summed E-state index contributed by atoms with van der Waals surface area (Å²) in [5.74, 6) is -1.28. The zero-order valence-electron chi connectivity index (χ0n) is 18.2. The van der Waals surface area contributed by atoms with E-state index < -0.39 is 23.9 Å². The van der Waals surface area contributed by atoms with Crippen LogP contribution in [0.25, 0.3) is 0 Å². The summed E-state index contributed by atoms with van der Waals surface area (Å²) < 4.78 is 19.9. The normalized spacial score (nSPS) is 11.7. The van der Waals surface area contributed by atoms with Crippen LogP contribution in [0.15, 0.2) is 24.3 Å². The van der Waals surface area contributed by atoms with Gasteiger partial charge in [0, 0.05) is 30.5 Å². The zero-order chi connectivity index (χ0) is 22.6. The number of ketones is 1. The number of hydrogen-bond acceptors (Lipinski definition) is 4. The van der Waals surface area contributed by atoms with Crippen molar-refractivity contribution in [1.82, 2.24) is 9.47 Å². The third-order valence-corrected chi connectivity index (χ3v) is 5.20. The molecular formula is C22H28FN3O4. The third-order valence-electron chi connectivity index (χ3n) is 5.20. The molecule has 2 aromatic rings. The average Bonchev–Trinajstić information content (AvgIpc) is 2.93. The Kier molecular flexibility index (Phi) is 7.37. The Balaban J connectivity index is 2.35. The minimum Gasteiger partial charge on any atom is -0.464 e. The van der Waals surface area contributed by atoms with Gasteiger partial charge in [0.25, 0.3) is 0 Å². The topological polar surface area (TPSA) is 80.6 Å². The van der Waals surface area contributed by atoms with Gasteiger partial charge in [-0.05, 0) is 51.0 Å². The van der Waals surface area contributed by atoms with Crippen molar-refractivity contribution in [1.29, 1.82) is 0 Å². The molecule has 0 saturated carbocycles. The SMILES string of the molecule is CCCN(C(=O)Nc1cccc(F)c1)C(C)C(=O)c1c(C)c(C(=O)OC)n(C)c1C. The molecule has 2 amide bonds. The molecule has 162 valence electrons. The molecule has 0 aliphatic carbocycles. The van der Waals surface area contributed by atoms with Crippen molar-refractivity contribution in [2.45, 2.75) is 40.2 Å². The number of rotatable bonds is 7. The van der Waals surface area contributed by atoms with E-state index in [1.54, 1.807) is 38.5 Å². The van der Waals surface area contributed by atoms with Crippen molar-refractivity contribution >= 4 is 23.5 Å². The summed E-state index contributed by atoms with van der Waals surface area (Å²) in [5, 5.41) is 2.64. The van der Waals surface area contributed by atoms with Crippen molar-refractivity contribution in [2.75, 3.05) is 19.0 Å². The number of anilines is 1. The second-order valence-electron chi connectivity index (χ2n) is 7.16. The second kappa shape index (κ2) is 9.56. The van der Waals surface area contributed by atoms with E-state index in [-0.39, 0.29) is 5.78 Å². The fourth-order valence-corrected chi connectivity index (χ4v) is 3.55. The number of ether oxygens (including phenoxy) is 1. The predicted molar refractivity (Wildman–Crippen MR) is 112 cm³/mol. The number of benzene rings is 1. The Hall–Kier alpha value is -3.16. The Morgan fingerprint density at radius 2 is 1.93 bits per heavy atom. The fraction of sp³-hybridized carbons (Fsp3) is 0.409. The van der Waals surface area contributed by atoms with Gasteiger partial charge in [-0.2, -0.15) is 0 Å². The molecule has 0 bridgehead atoms. The van der Waals surface area contributed by atoms with Gasteiger partial charge in [0.15, 0.2) is 5.78 Å². The molecule has 1 aromatic heterocycles. The fourth-order valence-electron chi connectivity index (χ4n) is 3.55. The van der Waals surface area contributed by atoms with E-state index in [0.29, 0.717) is 41.2 Å². The summed E-state index contributed by atoms with van der Waals surface area (Å²) >= 11 is 0. The lowest BCUT2D eigenvalue weighted by molar-refractivity contribution is 0.0588. The Morgan fingerprint density at radius 3 is 2.50 bits per heavy atom. The number of methoxy groups -OCH3 is 1. The average molecular weight is 417 g/mol. The number of halogens is 1. The Bertz CT molecular complexity index is 968. The summed E-state index contributed by atoms with van der Waals surface area (Å²) in [6.45, 7) is 7.32. The first-order chi connectivity index (χ1) is 14.1. The van der Waals surface area contributed by atoms with E-state index in [1.165, 1.54) is 30.2 Å². The van der Waals surface area contributed by atoms with Gasteiger partial charge in [-0.1, -0.05) is 13.0 Å². The van der Waals surface area contributed by atoms with E-state index in [2.05, 4.69) is 5.32 Å². The molecule has 0 aliphatic heterocycles. The lowest BCUT2D eigenvalue weighted by atomic mass is 10.00. The molecule has 0 aliphatic rings. The second-order valence-corrected chi connectivity index (χ2v) is 7.16. The van der Waals surface area contributed by atoms with Crippen molar-refractivity contribution in [3.63, 3.8) is 0 Å². The van der Waals surface area contributed by atoms with E-state index in [9.17, 15) is 18.8 Å². The summed E-state index contributed by atoms with van der Waals surface area (Å²) in [7, 11) is 2.98. The quantitative estimate of drug-likeness (QED) is 0.544. The molecular weight excluding hydrogens is 389 g/mol. The number of esters is 1. The molecule has 0 fully saturated rings. The monoisotopic (exact) mass is 417 g/mol. The van der Waals surface area contributed by atoms with E-state index >= 15 is 0 Å². The van der Waals surface area contributed by atoms with Crippen LogP contribution in [0.4, 0.5) is 14.9 Å². The standard InChI is InChI=1S/C22H28FN3O4/c1-7-11-26(22(29)24-17-10-8-9-16(23)12-17)15(4)20(27)18-13(2)19(21(28)30-6)25(5)14(18)3/h8-10,12,15H,7,11H2,1-6H3,(H,24,29). The number of aromatic nitrogens is 1. The maximum atomic E-state index is 13.4. The van der Waals surface area contributed by atoms with Gasteiger partial charge >= 0.3 is 12.0 Å². The van der Waals surface area contributed by atoms with Crippen LogP contribution in [-0.2, 0) is 11.8 Å². The number of amides is 2. The molecule has 1 atom stereocenters. The van der Waals surface area contributed by atoms with Gasteiger partial charge in [-0.3, -0.25) is 4.79 Å². The molecule has 1 heterocycles. The number of hydrogen-bond donors (Lipinski definition) is 1. The number of nitrogens with zero attached hydrogens (tertiary/aromatic N) is 2. The van der Waals surface area contributed by atoms with Crippen molar-refractivity contribution in [3.05, 3.63) is 52.6 Å². The van der Waals surface area contributed by atoms with Crippen LogP contribution in [0.2, 0.25) is 0 Å². The molecule has 0 radical (unpaired) electrons. The summed E-state index contributed by atoms with van der Waals surface area (Å²) in [4.78, 5) is 39.7. The van der Waals surface area contributed by atoms with E-state index in [4.69, 9.17) is 4.74 Å².